The van der Waals surface area contributed by atoms with Crippen LogP contribution < -0.4 is 0 Å². The normalized spacial score (nSPS) is 25.1. The number of benzene rings is 1. The van der Waals surface area contributed by atoms with E-state index in [2.05, 4.69) is 34.3 Å². The van der Waals surface area contributed by atoms with Gasteiger partial charge in [-0.3, -0.25) is 9.98 Å². The van der Waals surface area contributed by atoms with E-state index in [4.69, 9.17) is 9.47 Å². The van der Waals surface area contributed by atoms with Crippen molar-refractivity contribution in [1.29, 1.82) is 0 Å². The lowest BCUT2D eigenvalue weighted by Crippen LogP contribution is -2.11. The average Bonchev–Trinajstić information content (AvgIpc) is 3.05. The van der Waals surface area contributed by atoms with Crippen LogP contribution >= 0.6 is 0 Å². The molecule has 0 N–H and O–H groups in total. The zero-order valence-electron chi connectivity index (χ0n) is 10.2. The predicted molar refractivity (Wildman–Crippen MR) is 70.3 cm³/mol. The number of nitrogens with zero attached hydrogens (tertiary/aromatic N) is 2. The molecule has 2 aliphatic rings. The van der Waals surface area contributed by atoms with Gasteiger partial charge >= 0.3 is 0 Å². The second kappa shape index (κ2) is 5.21. The Morgan fingerprint density at radius 1 is 0.833 bits per heavy atom. The Morgan fingerprint density at radius 3 is 1.61 bits per heavy atom. The second-order valence-electron chi connectivity index (χ2n) is 4.71. The minimum absolute atomic E-state index is 0.281. The van der Waals surface area contributed by atoms with Gasteiger partial charge in [0.25, 0.3) is 0 Å². The molecule has 4 nitrogen and oxygen atoms in total. The molecule has 1 aromatic rings. The summed E-state index contributed by atoms with van der Waals surface area (Å²) in [6.45, 7) is 1.41. The fourth-order valence-corrected chi connectivity index (χ4v) is 2.23. The maximum absolute atomic E-state index is 5.12. The van der Waals surface area contributed by atoms with E-state index < -0.39 is 0 Å². The van der Waals surface area contributed by atoms with Crippen molar-refractivity contribution in [1.82, 2.24) is 0 Å². The van der Waals surface area contributed by atoms with Crippen molar-refractivity contribution in [3.63, 3.8) is 0 Å². The maximum atomic E-state index is 5.12. The van der Waals surface area contributed by atoms with Crippen LogP contribution in [0.15, 0.2) is 34.3 Å². The third kappa shape index (κ3) is 2.70. The van der Waals surface area contributed by atoms with Gasteiger partial charge in [-0.25, -0.2) is 0 Å². The highest BCUT2D eigenvalue weighted by Gasteiger charge is 2.14. The number of rotatable bonds is 4. The van der Waals surface area contributed by atoms with Crippen molar-refractivity contribution < 1.29 is 9.47 Å². The average molecular weight is 244 g/mol. The molecule has 2 atom stereocenters. The molecule has 0 amide bonds. The molecule has 0 saturated heterocycles. The Balaban J connectivity index is 1.58. The fraction of sp³-hybridized carbons (Fsp3) is 0.429. The topological polar surface area (TPSA) is 43.2 Å². The minimum atomic E-state index is 0.281. The van der Waals surface area contributed by atoms with Crippen molar-refractivity contribution >= 4 is 12.8 Å². The summed E-state index contributed by atoms with van der Waals surface area (Å²) >= 11 is 0. The lowest BCUT2D eigenvalue weighted by molar-refractivity contribution is 0.326. The highest BCUT2D eigenvalue weighted by Crippen LogP contribution is 2.14. The first kappa shape index (κ1) is 11.3. The maximum Gasteiger partial charge on any atom is 0.169 e. The summed E-state index contributed by atoms with van der Waals surface area (Å²) in [6, 6.07) is 9.24. The van der Waals surface area contributed by atoms with E-state index in [-0.39, 0.29) is 12.1 Å². The molecule has 0 saturated carbocycles. The number of hydrogen-bond donors (Lipinski definition) is 0. The first-order chi connectivity index (χ1) is 8.90. The fourth-order valence-electron chi connectivity index (χ4n) is 2.23. The molecular formula is C14H16N2O2. The zero-order chi connectivity index (χ0) is 12.2. The predicted octanol–water partition coefficient (Wildman–Crippen LogP) is 1.63. The molecule has 0 radical (unpaired) electrons. The Bertz CT molecular complexity index is 410. The van der Waals surface area contributed by atoms with Crippen molar-refractivity contribution in [2.24, 2.45) is 9.98 Å². The van der Waals surface area contributed by atoms with Gasteiger partial charge in [-0.15, -0.1) is 0 Å². The van der Waals surface area contributed by atoms with Crippen LogP contribution in [0.3, 0.4) is 0 Å². The molecule has 0 spiro atoms. The smallest absolute Gasteiger partial charge is 0.169 e. The zero-order valence-corrected chi connectivity index (χ0v) is 10.2. The van der Waals surface area contributed by atoms with Crippen molar-refractivity contribution in [3.8, 4) is 0 Å². The van der Waals surface area contributed by atoms with Gasteiger partial charge in [0, 0.05) is 0 Å². The van der Waals surface area contributed by atoms with Crippen LogP contribution in [0.25, 0.3) is 0 Å². The van der Waals surface area contributed by atoms with Gasteiger partial charge in [-0.05, 0) is 24.0 Å². The largest absolute Gasteiger partial charge is 0.481 e. The van der Waals surface area contributed by atoms with Gasteiger partial charge in [-0.2, -0.15) is 0 Å². The Labute approximate surface area is 106 Å². The first-order valence-corrected chi connectivity index (χ1v) is 6.24. The van der Waals surface area contributed by atoms with Gasteiger partial charge in [0.15, 0.2) is 12.8 Å². The van der Waals surface area contributed by atoms with Crippen LogP contribution in [0.5, 0.6) is 0 Å². The van der Waals surface area contributed by atoms with E-state index in [9.17, 15) is 0 Å². The highest BCUT2D eigenvalue weighted by molar-refractivity contribution is 5.49. The Kier molecular flexibility index (Phi) is 3.26. The molecule has 2 unspecified atom stereocenters. The molecule has 0 bridgehead atoms. The number of aliphatic imine (C=N–C) groups is 2. The molecule has 0 fully saturated rings. The number of hydrogen-bond acceptors (Lipinski definition) is 4. The summed E-state index contributed by atoms with van der Waals surface area (Å²) in [5.74, 6) is 0. The Hall–Kier alpha value is -1.84. The summed E-state index contributed by atoms with van der Waals surface area (Å²) in [7, 11) is 0. The molecule has 2 aliphatic heterocycles. The van der Waals surface area contributed by atoms with Gasteiger partial charge in [0.1, 0.15) is 13.2 Å². The molecule has 3 rings (SSSR count). The van der Waals surface area contributed by atoms with E-state index in [1.54, 1.807) is 12.8 Å². The molecule has 4 heteroatoms. The quantitative estimate of drug-likeness (QED) is 0.808. The molecule has 94 valence electrons. The summed E-state index contributed by atoms with van der Waals surface area (Å²) in [4.78, 5) is 8.51. The van der Waals surface area contributed by atoms with Crippen LogP contribution in [-0.2, 0) is 22.3 Å². The minimum Gasteiger partial charge on any atom is -0.481 e. The van der Waals surface area contributed by atoms with Crippen LogP contribution in [0.1, 0.15) is 11.1 Å². The SMILES string of the molecule is C1=NC(Cc2ccc(CC3COC=N3)cc2)CO1. The summed E-state index contributed by atoms with van der Waals surface area (Å²) in [5.41, 5.74) is 2.61. The summed E-state index contributed by atoms with van der Waals surface area (Å²) in [6.07, 6.45) is 5.00. The van der Waals surface area contributed by atoms with Gasteiger partial charge < -0.3 is 9.47 Å². The van der Waals surface area contributed by atoms with Crippen LogP contribution in [0.4, 0.5) is 0 Å². The number of ether oxygens (including phenoxy) is 2. The molecule has 0 aromatic heterocycles. The van der Waals surface area contributed by atoms with E-state index >= 15 is 0 Å². The van der Waals surface area contributed by atoms with E-state index in [0.29, 0.717) is 13.2 Å². The lowest BCUT2D eigenvalue weighted by Gasteiger charge is -2.08. The Morgan fingerprint density at radius 2 is 1.28 bits per heavy atom. The van der Waals surface area contributed by atoms with Crippen molar-refractivity contribution in [2.45, 2.75) is 24.9 Å². The van der Waals surface area contributed by atoms with Crippen LogP contribution in [0.2, 0.25) is 0 Å². The highest BCUT2D eigenvalue weighted by atomic mass is 16.5. The van der Waals surface area contributed by atoms with E-state index in [1.165, 1.54) is 11.1 Å². The molecule has 18 heavy (non-hydrogen) atoms. The van der Waals surface area contributed by atoms with E-state index in [0.717, 1.165) is 12.8 Å². The molecule has 0 aliphatic carbocycles. The standard InChI is InChI=1S/C14H16N2O2/c1-2-12(6-14-8-18-10-16-14)4-3-11(1)5-13-7-17-9-15-13/h1-4,9-10,13-14H,5-8H2. The molecule has 2 heterocycles. The van der Waals surface area contributed by atoms with Gasteiger partial charge in [0.2, 0.25) is 0 Å². The van der Waals surface area contributed by atoms with E-state index in [1.807, 2.05) is 0 Å². The third-order valence-corrected chi connectivity index (χ3v) is 3.24. The second-order valence-corrected chi connectivity index (χ2v) is 4.71. The first-order valence-electron chi connectivity index (χ1n) is 6.24. The third-order valence-electron chi connectivity index (χ3n) is 3.24. The van der Waals surface area contributed by atoms with Crippen molar-refractivity contribution in [3.05, 3.63) is 35.4 Å². The van der Waals surface area contributed by atoms with Gasteiger partial charge in [-0.1, -0.05) is 24.3 Å². The monoisotopic (exact) mass is 244 g/mol. The van der Waals surface area contributed by atoms with Crippen LogP contribution in [-0.4, -0.2) is 38.1 Å². The summed E-state index contributed by atoms with van der Waals surface area (Å²) < 4.78 is 10.2. The van der Waals surface area contributed by atoms with Crippen LogP contribution in [0, 0.1) is 0 Å². The van der Waals surface area contributed by atoms with Crippen molar-refractivity contribution in [2.75, 3.05) is 13.2 Å². The molecule has 1 aromatic carbocycles. The summed E-state index contributed by atoms with van der Waals surface area (Å²) in [5, 5.41) is 0. The lowest BCUT2D eigenvalue weighted by atomic mass is 10.0. The molecular weight excluding hydrogens is 228 g/mol. The van der Waals surface area contributed by atoms with Gasteiger partial charge in [0.05, 0.1) is 12.1 Å².